The molecule has 0 atom stereocenters. The monoisotopic (exact) mass is 229 g/mol. The van der Waals surface area contributed by atoms with Crippen LogP contribution in [0.5, 0.6) is 0 Å². The highest BCUT2D eigenvalue weighted by atomic mass is 16.4. The quantitative estimate of drug-likeness (QED) is 0.854. The maximum Gasteiger partial charge on any atom is 0.335 e. The fraction of sp³-hybridized carbons (Fsp3) is 0.0769. The zero-order valence-electron chi connectivity index (χ0n) is 9.25. The topological polar surface area (TPSA) is 59.3 Å². The fourth-order valence-corrected chi connectivity index (χ4v) is 1.73. The first-order valence-corrected chi connectivity index (χ1v) is 5.12. The van der Waals surface area contributed by atoms with E-state index in [1.807, 2.05) is 18.2 Å². The number of carbonyl (C=O) groups is 1. The molecule has 2 aromatic rings. The zero-order valence-corrected chi connectivity index (χ0v) is 9.25. The SMILES string of the molecule is Cc1cc(C(=O)O)cc(=O)n1-c1ccccc1. The Kier molecular flexibility index (Phi) is 2.78. The second-order valence-electron chi connectivity index (χ2n) is 3.70. The van der Waals surface area contributed by atoms with Gasteiger partial charge in [-0.3, -0.25) is 9.36 Å². The third-order valence-corrected chi connectivity index (χ3v) is 2.48. The summed E-state index contributed by atoms with van der Waals surface area (Å²) >= 11 is 0. The highest BCUT2D eigenvalue weighted by molar-refractivity contribution is 5.87. The number of hydrogen-bond donors (Lipinski definition) is 1. The minimum Gasteiger partial charge on any atom is -0.478 e. The molecule has 0 aliphatic carbocycles. The highest BCUT2D eigenvalue weighted by Crippen LogP contribution is 2.09. The van der Waals surface area contributed by atoms with E-state index >= 15 is 0 Å². The summed E-state index contributed by atoms with van der Waals surface area (Å²) in [4.78, 5) is 22.7. The van der Waals surface area contributed by atoms with E-state index in [0.29, 0.717) is 5.69 Å². The van der Waals surface area contributed by atoms with E-state index in [-0.39, 0.29) is 11.1 Å². The molecule has 0 aliphatic heterocycles. The summed E-state index contributed by atoms with van der Waals surface area (Å²) in [6.07, 6.45) is 0. The van der Waals surface area contributed by atoms with Crippen molar-refractivity contribution in [3.05, 3.63) is 64.1 Å². The normalized spacial score (nSPS) is 10.2. The van der Waals surface area contributed by atoms with Crippen LogP contribution in [0, 0.1) is 6.92 Å². The van der Waals surface area contributed by atoms with Gasteiger partial charge in [0.1, 0.15) is 0 Å². The van der Waals surface area contributed by atoms with Crippen molar-refractivity contribution in [2.45, 2.75) is 6.92 Å². The Labute approximate surface area is 97.8 Å². The Hall–Kier alpha value is -2.36. The average molecular weight is 229 g/mol. The molecule has 0 saturated heterocycles. The summed E-state index contributed by atoms with van der Waals surface area (Å²) in [5.41, 5.74) is 1.00. The van der Waals surface area contributed by atoms with Gasteiger partial charge in [0.25, 0.3) is 5.56 Å². The van der Waals surface area contributed by atoms with Gasteiger partial charge in [0, 0.05) is 17.4 Å². The molecule has 0 aliphatic rings. The van der Waals surface area contributed by atoms with Crippen molar-refractivity contribution in [3.63, 3.8) is 0 Å². The first-order valence-electron chi connectivity index (χ1n) is 5.12. The van der Waals surface area contributed by atoms with Crippen LogP contribution in [0.25, 0.3) is 5.69 Å². The van der Waals surface area contributed by atoms with E-state index in [2.05, 4.69) is 0 Å². The number of nitrogens with zero attached hydrogens (tertiary/aromatic N) is 1. The molecule has 1 heterocycles. The van der Waals surface area contributed by atoms with Crippen LogP contribution in [0.3, 0.4) is 0 Å². The summed E-state index contributed by atoms with van der Waals surface area (Å²) in [5, 5.41) is 8.85. The molecule has 0 spiro atoms. The number of aromatic nitrogens is 1. The van der Waals surface area contributed by atoms with Gasteiger partial charge in [-0.15, -0.1) is 0 Å². The van der Waals surface area contributed by atoms with Crippen molar-refractivity contribution in [2.75, 3.05) is 0 Å². The van der Waals surface area contributed by atoms with Crippen LogP contribution < -0.4 is 5.56 Å². The van der Waals surface area contributed by atoms with Crippen LogP contribution in [0.15, 0.2) is 47.3 Å². The summed E-state index contributed by atoms with van der Waals surface area (Å²) in [7, 11) is 0. The molecule has 4 nitrogen and oxygen atoms in total. The van der Waals surface area contributed by atoms with Gasteiger partial charge in [-0.25, -0.2) is 4.79 Å². The third kappa shape index (κ3) is 2.10. The lowest BCUT2D eigenvalue weighted by molar-refractivity contribution is 0.0696. The predicted octanol–water partition coefficient (Wildman–Crippen LogP) is 1.84. The molecule has 4 heteroatoms. The van der Waals surface area contributed by atoms with Crippen molar-refractivity contribution in [1.82, 2.24) is 4.57 Å². The smallest absolute Gasteiger partial charge is 0.335 e. The number of pyridine rings is 1. The van der Waals surface area contributed by atoms with E-state index in [4.69, 9.17) is 5.11 Å². The van der Waals surface area contributed by atoms with E-state index in [1.165, 1.54) is 10.6 Å². The maximum atomic E-state index is 11.9. The summed E-state index contributed by atoms with van der Waals surface area (Å²) < 4.78 is 1.48. The first kappa shape index (κ1) is 11.1. The van der Waals surface area contributed by atoms with Gasteiger partial charge in [-0.05, 0) is 25.1 Å². The van der Waals surface area contributed by atoms with Crippen molar-refractivity contribution < 1.29 is 9.90 Å². The van der Waals surface area contributed by atoms with Crippen LogP contribution in [0.4, 0.5) is 0 Å². The number of benzene rings is 1. The lowest BCUT2D eigenvalue weighted by atomic mass is 10.2. The highest BCUT2D eigenvalue weighted by Gasteiger charge is 2.09. The van der Waals surface area contributed by atoms with Gasteiger partial charge in [0.2, 0.25) is 0 Å². The molecule has 0 fully saturated rings. The molecule has 0 saturated carbocycles. The first-order chi connectivity index (χ1) is 8.09. The fourth-order valence-electron chi connectivity index (χ4n) is 1.73. The minimum atomic E-state index is -1.09. The number of aromatic carboxylic acids is 1. The van der Waals surface area contributed by atoms with E-state index in [0.717, 1.165) is 11.8 Å². The Morgan fingerprint density at radius 1 is 1.18 bits per heavy atom. The molecule has 17 heavy (non-hydrogen) atoms. The predicted molar refractivity (Wildman–Crippen MR) is 63.7 cm³/mol. The lowest BCUT2D eigenvalue weighted by Crippen LogP contribution is -2.21. The van der Waals surface area contributed by atoms with E-state index < -0.39 is 5.97 Å². The molecule has 1 aromatic heterocycles. The van der Waals surface area contributed by atoms with Crippen LogP contribution >= 0.6 is 0 Å². The molecule has 2 rings (SSSR count). The van der Waals surface area contributed by atoms with Gasteiger partial charge in [0.05, 0.1) is 5.56 Å². The van der Waals surface area contributed by atoms with Crippen LogP contribution in [0.1, 0.15) is 16.1 Å². The largest absolute Gasteiger partial charge is 0.478 e. The van der Waals surface area contributed by atoms with Crippen LogP contribution in [0.2, 0.25) is 0 Å². The number of carboxylic acids is 1. The summed E-state index contributed by atoms with van der Waals surface area (Å²) in [5.74, 6) is -1.09. The Balaban J connectivity index is 2.65. The standard InChI is InChI=1S/C13H11NO3/c1-9-7-10(13(16)17)8-12(15)14(9)11-5-3-2-4-6-11/h2-8H,1H3,(H,16,17). The van der Waals surface area contributed by atoms with E-state index in [1.54, 1.807) is 19.1 Å². The van der Waals surface area contributed by atoms with Gasteiger partial charge >= 0.3 is 5.97 Å². The Bertz CT molecular complexity index is 614. The molecule has 1 N–H and O–H groups in total. The number of carboxylic acid groups (broad SMARTS) is 1. The van der Waals surface area contributed by atoms with Crippen molar-refractivity contribution >= 4 is 5.97 Å². The summed E-state index contributed by atoms with van der Waals surface area (Å²) in [6, 6.07) is 11.7. The minimum absolute atomic E-state index is 0.0136. The number of para-hydroxylation sites is 1. The Morgan fingerprint density at radius 2 is 1.82 bits per heavy atom. The lowest BCUT2D eigenvalue weighted by Gasteiger charge is -2.10. The van der Waals surface area contributed by atoms with Crippen molar-refractivity contribution in [3.8, 4) is 5.69 Å². The molecule has 0 bridgehead atoms. The molecular formula is C13H11NO3. The second kappa shape index (κ2) is 4.25. The summed E-state index contributed by atoms with van der Waals surface area (Å²) in [6.45, 7) is 1.71. The van der Waals surface area contributed by atoms with Gasteiger partial charge in [-0.1, -0.05) is 18.2 Å². The Morgan fingerprint density at radius 3 is 2.35 bits per heavy atom. The van der Waals surface area contributed by atoms with Gasteiger partial charge < -0.3 is 5.11 Å². The maximum absolute atomic E-state index is 11.9. The third-order valence-electron chi connectivity index (χ3n) is 2.48. The molecule has 1 aromatic carbocycles. The molecule has 86 valence electrons. The van der Waals surface area contributed by atoms with Crippen LogP contribution in [-0.4, -0.2) is 15.6 Å². The molecular weight excluding hydrogens is 218 g/mol. The van der Waals surface area contributed by atoms with Gasteiger partial charge in [0.15, 0.2) is 0 Å². The van der Waals surface area contributed by atoms with Crippen LogP contribution in [-0.2, 0) is 0 Å². The average Bonchev–Trinajstić information content (AvgIpc) is 2.29. The number of hydrogen-bond acceptors (Lipinski definition) is 2. The molecule has 0 radical (unpaired) electrons. The van der Waals surface area contributed by atoms with Gasteiger partial charge in [-0.2, -0.15) is 0 Å². The number of aryl methyl sites for hydroxylation is 1. The van der Waals surface area contributed by atoms with Crippen molar-refractivity contribution in [1.29, 1.82) is 0 Å². The molecule has 0 amide bonds. The van der Waals surface area contributed by atoms with E-state index in [9.17, 15) is 9.59 Å². The number of rotatable bonds is 2. The zero-order chi connectivity index (χ0) is 12.4. The second-order valence-corrected chi connectivity index (χ2v) is 3.70. The van der Waals surface area contributed by atoms with Crippen molar-refractivity contribution in [2.24, 2.45) is 0 Å². The molecule has 0 unspecified atom stereocenters.